The van der Waals surface area contributed by atoms with Crippen molar-refractivity contribution in [1.82, 2.24) is 5.32 Å². The third kappa shape index (κ3) is 8.04. The fourth-order valence-electron chi connectivity index (χ4n) is 1.82. The minimum Gasteiger partial charge on any atom is -0.507 e. The number of Topliss-reactive ketones (excluding diaryl/α,β-unsaturated/α-hetero) is 1. The Balaban J connectivity index is 5.54. The summed E-state index contributed by atoms with van der Waals surface area (Å²) in [5.41, 5.74) is -2.04. The van der Waals surface area contributed by atoms with Gasteiger partial charge in [-0.3, -0.25) is 9.59 Å². The lowest BCUT2D eigenvalue weighted by Gasteiger charge is -2.11. The molecule has 0 saturated heterocycles. The molecule has 0 unspecified atom stereocenters. The van der Waals surface area contributed by atoms with Crippen molar-refractivity contribution in [1.29, 1.82) is 0 Å². The van der Waals surface area contributed by atoms with Gasteiger partial charge in [-0.15, -0.1) is 0 Å². The number of aliphatic hydroxyl groups is 1. The predicted molar refractivity (Wildman–Crippen MR) is 102 cm³/mol. The summed E-state index contributed by atoms with van der Waals surface area (Å²) in [6.45, 7) is 8.48. The topological polar surface area (TPSA) is 92.7 Å². The Hall–Kier alpha value is -3.36. The summed E-state index contributed by atoms with van der Waals surface area (Å²) >= 11 is 0. The summed E-state index contributed by atoms with van der Waals surface area (Å²) in [6, 6.07) is 0. The Labute approximate surface area is 166 Å². The van der Waals surface area contributed by atoms with Crippen LogP contribution in [0, 0.1) is 0 Å². The van der Waals surface area contributed by atoms with E-state index >= 15 is 0 Å². The lowest BCUT2D eigenvalue weighted by atomic mass is 10.1. The molecular weight excluding hydrogens is 391 g/mol. The van der Waals surface area contributed by atoms with E-state index in [-0.39, 0.29) is 11.1 Å². The molecule has 0 aromatic carbocycles. The highest BCUT2D eigenvalue weighted by molar-refractivity contribution is 6.05. The summed E-state index contributed by atoms with van der Waals surface area (Å²) < 4.78 is 42.5. The molecule has 0 bridgehead atoms. The molecule has 0 saturated carbocycles. The van der Waals surface area contributed by atoms with Gasteiger partial charge in [-0.1, -0.05) is 25.3 Å². The van der Waals surface area contributed by atoms with Crippen molar-refractivity contribution < 1.29 is 37.4 Å². The van der Waals surface area contributed by atoms with Gasteiger partial charge in [0.15, 0.2) is 5.78 Å². The van der Waals surface area contributed by atoms with E-state index in [9.17, 15) is 32.7 Å². The van der Waals surface area contributed by atoms with E-state index in [1.807, 2.05) is 0 Å². The van der Waals surface area contributed by atoms with Crippen molar-refractivity contribution >= 4 is 17.7 Å². The first-order chi connectivity index (χ1) is 13.4. The van der Waals surface area contributed by atoms with Crippen LogP contribution >= 0.6 is 0 Å². The largest absolute Gasteiger partial charge is 0.507 e. The van der Waals surface area contributed by atoms with Gasteiger partial charge in [-0.25, -0.2) is 4.79 Å². The van der Waals surface area contributed by atoms with Gasteiger partial charge in [0, 0.05) is 11.1 Å². The van der Waals surface area contributed by atoms with Crippen LogP contribution in [0.1, 0.15) is 13.8 Å². The van der Waals surface area contributed by atoms with Crippen molar-refractivity contribution in [2.45, 2.75) is 20.0 Å². The van der Waals surface area contributed by atoms with Gasteiger partial charge in [-0.2, -0.15) is 13.2 Å². The molecule has 0 atom stereocenters. The van der Waals surface area contributed by atoms with Crippen molar-refractivity contribution in [2.75, 3.05) is 13.7 Å². The van der Waals surface area contributed by atoms with E-state index in [1.165, 1.54) is 19.1 Å². The molecule has 1 amide bonds. The second kappa shape index (κ2) is 11.5. The van der Waals surface area contributed by atoms with Crippen LogP contribution in [0.25, 0.3) is 0 Å². The Morgan fingerprint density at radius 2 is 1.69 bits per heavy atom. The standard InChI is InChI=1S/C20H22F3NO5/c1-6-13(10-14(7-2)19(28)29-5)17(26)11-24-18(27)15(16(25)8-3)9-12(4)20(21,22)23/h6-10,25H,1,4,11H2,2-3,5H3,(H,24,27)/b13-10+,14-7+,15-9+,16-8+. The molecule has 6 nitrogen and oxygen atoms in total. The molecule has 0 heterocycles. The van der Waals surface area contributed by atoms with E-state index in [0.717, 1.165) is 19.3 Å². The van der Waals surface area contributed by atoms with Gasteiger partial charge < -0.3 is 15.2 Å². The van der Waals surface area contributed by atoms with Gasteiger partial charge >= 0.3 is 12.1 Å². The lowest BCUT2D eigenvalue weighted by Crippen LogP contribution is -2.32. The number of alkyl halides is 3. The zero-order chi connectivity index (χ0) is 22.8. The average Bonchev–Trinajstić information content (AvgIpc) is 2.68. The first-order valence-electron chi connectivity index (χ1n) is 8.16. The molecule has 9 heteroatoms. The van der Waals surface area contributed by atoms with Crippen LogP contribution in [-0.2, 0) is 19.1 Å². The fourth-order valence-corrected chi connectivity index (χ4v) is 1.82. The first-order valence-corrected chi connectivity index (χ1v) is 8.16. The second-order valence-corrected chi connectivity index (χ2v) is 5.40. The highest BCUT2D eigenvalue weighted by Gasteiger charge is 2.31. The molecular formula is C20H22F3NO5. The number of rotatable bonds is 9. The Kier molecular flexibility index (Phi) is 10.1. The zero-order valence-electron chi connectivity index (χ0n) is 16.2. The van der Waals surface area contributed by atoms with E-state index < -0.39 is 47.3 Å². The number of methoxy groups -OCH3 is 1. The maximum atomic E-state index is 12.7. The summed E-state index contributed by atoms with van der Waals surface area (Å²) in [5.74, 6) is -3.22. The number of carbonyl (C=O) groups excluding carboxylic acids is 3. The summed E-state index contributed by atoms with van der Waals surface area (Å²) in [6.07, 6.45) is 0.320. The van der Waals surface area contributed by atoms with Crippen LogP contribution in [0.2, 0.25) is 0 Å². The van der Waals surface area contributed by atoms with Crippen molar-refractivity contribution in [3.8, 4) is 0 Å². The van der Waals surface area contributed by atoms with Crippen LogP contribution in [0.4, 0.5) is 13.2 Å². The smallest absolute Gasteiger partial charge is 0.415 e. The Morgan fingerprint density at radius 1 is 1.10 bits per heavy atom. The van der Waals surface area contributed by atoms with Crippen molar-refractivity contribution in [3.63, 3.8) is 0 Å². The molecule has 0 aliphatic rings. The van der Waals surface area contributed by atoms with Gasteiger partial charge in [0.25, 0.3) is 5.91 Å². The van der Waals surface area contributed by atoms with E-state index in [0.29, 0.717) is 6.08 Å². The quantitative estimate of drug-likeness (QED) is 0.262. The monoisotopic (exact) mass is 413 g/mol. The van der Waals surface area contributed by atoms with Crippen molar-refractivity contribution in [3.05, 3.63) is 71.6 Å². The number of hydrogen-bond donors (Lipinski definition) is 2. The number of aliphatic hydroxyl groups excluding tert-OH is 1. The molecule has 0 fully saturated rings. The van der Waals surface area contributed by atoms with E-state index in [4.69, 9.17) is 0 Å². The van der Waals surface area contributed by atoms with Gasteiger partial charge in [0.1, 0.15) is 5.76 Å². The fraction of sp³-hybridized carbons (Fsp3) is 0.250. The van der Waals surface area contributed by atoms with Crippen LogP contribution < -0.4 is 5.32 Å². The molecule has 0 spiro atoms. The SMILES string of the molecule is C=C/C(=C\C(=C/C)C(=O)OC)C(=O)CNC(=O)C(=C/C(=C)C(F)(F)F)/C(O)=C\C. The number of ether oxygens (including phenoxy) is 1. The number of halogens is 3. The molecule has 0 aliphatic carbocycles. The van der Waals surface area contributed by atoms with Gasteiger partial charge in [0.2, 0.25) is 0 Å². The molecule has 0 aromatic heterocycles. The third-order valence-electron chi connectivity index (χ3n) is 3.47. The van der Waals surface area contributed by atoms with E-state index in [1.54, 1.807) is 6.92 Å². The number of ketones is 1. The summed E-state index contributed by atoms with van der Waals surface area (Å²) in [5, 5.41) is 11.8. The van der Waals surface area contributed by atoms with Crippen molar-refractivity contribution in [2.24, 2.45) is 0 Å². The predicted octanol–water partition coefficient (Wildman–Crippen LogP) is 3.41. The lowest BCUT2D eigenvalue weighted by molar-refractivity contribution is -0.135. The number of carbonyl (C=O) groups is 3. The number of nitrogens with one attached hydrogen (secondary N) is 1. The number of amides is 1. The third-order valence-corrected chi connectivity index (χ3v) is 3.47. The number of esters is 1. The second-order valence-electron chi connectivity index (χ2n) is 5.40. The molecule has 0 radical (unpaired) electrons. The minimum absolute atomic E-state index is 0.0377. The van der Waals surface area contributed by atoms with E-state index in [2.05, 4.69) is 23.2 Å². The molecule has 2 N–H and O–H groups in total. The first kappa shape index (κ1) is 25.6. The zero-order valence-corrected chi connectivity index (χ0v) is 16.2. The number of allylic oxidation sites excluding steroid dienone is 5. The molecule has 0 aliphatic heterocycles. The average molecular weight is 413 g/mol. The molecule has 0 aromatic rings. The number of hydrogen-bond acceptors (Lipinski definition) is 5. The maximum absolute atomic E-state index is 12.7. The van der Waals surface area contributed by atoms with Gasteiger partial charge in [-0.05, 0) is 32.1 Å². The van der Waals surface area contributed by atoms with Crippen LogP contribution in [0.15, 0.2) is 71.6 Å². The summed E-state index contributed by atoms with van der Waals surface area (Å²) in [7, 11) is 1.16. The van der Waals surface area contributed by atoms with Gasteiger partial charge in [0.05, 0.1) is 24.8 Å². The van der Waals surface area contributed by atoms with Crippen LogP contribution in [0.5, 0.6) is 0 Å². The molecule has 0 rings (SSSR count). The molecule has 29 heavy (non-hydrogen) atoms. The van der Waals surface area contributed by atoms with Crippen LogP contribution in [0.3, 0.4) is 0 Å². The Morgan fingerprint density at radius 3 is 2.10 bits per heavy atom. The summed E-state index contributed by atoms with van der Waals surface area (Å²) in [4.78, 5) is 36.0. The van der Waals surface area contributed by atoms with Crippen LogP contribution in [-0.4, -0.2) is 42.6 Å². The molecule has 158 valence electrons. The minimum atomic E-state index is -4.80. The highest BCUT2D eigenvalue weighted by atomic mass is 19.4. The Bertz CT molecular complexity index is 814. The maximum Gasteiger partial charge on any atom is 0.415 e. The highest BCUT2D eigenvalue weighted by Crippen LogP contribution is 2.26. The normalized spacial score (nSPS) is 13.6.